The molecule has 5 nitrogen and oxygen atoms in total. The van der Waals surface area contributed by atoms with Gasteiger partial charge in [-0.1, -0.05) is 24.8 Å². The summed E-state index contributed by atoms with van der Waals surface area (Å²) in [5.41, 5.74) is -0.758. The monoisotopic (exact) mass is 280 g/mol. The molecule has 1 aromatic rings. The third kappa shape index (κ3) is 2.32. The molecule has 0 aliphatic carbocycles. The highest BCUT2D eigenvalue weighted by Crippen LogP contribution is 2.37. The second-order valence-electron chi connectivity index (χ2n) is 4.07. The fourth-order valence-corrected chi connectivity index (χ4v) is 2.81. The quantitative estimate of drug-likeness (QED) is 0.674. The van der Waals surface area contributed by atoms with E-state index in [1.165, 1.54) is 0 Å². The van der Waals surface area contributed by atoms with Gasteiger partial charge in [-0.2, -0.15) is 8.42 Å². The topological polar surface area (TPSA) is 80.7 Å². The van der Waals surface area contributed by atoms with Gasteiger partial charge in [-0.15, -0.1) is 0 Å². The molecular weight excluding hydrogens is 268 g/mol. The molecule has 0 radical (unpaired) electrons. The Labute approximate surface area is 111 Å². The Morgan fingerprint density at radius 3 is 2.63 bits per heavy atom. The first-order chi connectivity index (χ1) is 8.86. The number of ether oxygens (including phenoxy) is 1. The number of benzene rings is 1. The van der Waals surface area contributed by atoms with Gasteiger partial charge in [0.25, 0.3) is 5.44 Å². The molecule has 1 unspecified atom stereocenters. The van der Waals surface area contributed by atoms with E-state index in [-0.39, 0.29) is 5.57 Å². The van der Waals surface area contributed by atoms with Crippen LogP contribution in [0.5, 0.6) is 5.75 Å². The summed E-state index contributed by atoms with van der Waals surface area (Å²) in [5, 5.41) is 0. The minimum atomic E-state index is -4.55. The van der Waals surface area contributed by atoms with E-state index in [0.29, 0.717) is 16.9 Å². The van der Waals surface area contributed by atoms with Crippen LogP contribution >= 0.6 is 0 Å². The lowest BCUT2D eigenvalue weighted by atomic mass is 9.96. The summed E-state index contributed by atoms with van der Waals surface area (Å²) in [4.78, 5) is 11.8. The van der Waals surface area contributed by atoms with Crippen LogP contribution in [0.15, 0.2) is 42.5 Å². The van der Waals surface area contributed by atoms with Gasteiger partial charge in [-0.25, -0.2) is 0 Å². The van der Waals surface area contributed by atoms with Crippen LogP contribution in [0.2, 0.25) is 0 Å². The number of carbonyl (C=O) groups is 1. The molecule has 0 aromatic heterocycles. The molecule has 1 heterocycles. The smallest absolute Gasteiger partial charge is 0.308 e. The number of hydrogen-bond donors (Lipinski definition) is 1. The van der Waals surface area contributed by atoms with Gasteiger partial charge in [0.2, 0.25) is 0 Å². The van der Waals surface area contributed by atoms with Crippen molar-refractivity contribution in [3.8, 4) is 5.75 Å². The number of hydrogen-bond acceptors (Lipinski definition) is 4. The van der Waals surface area contributed by atoms with E-state index < -0.39 is 21.3 Å². The lowest BCUT2D eigenvalue weighted by Crippen LogP contribution is -2.35. The van der Waals surface area contributed by atoms with E-state index in [1.807, 2.05) is 0 Å². The summed E-state index contributed by atoms with van der Waals surface area (Å²) < 4.78 is 37.2. The number of allylic oxidation sites excluding steroid dienone is 2. The van der Waals surface area contributed by atoms with Gasteiger partial charge in [0.1, 0.15) is 5.75 Å². The zero-order chi connectivity index (χ0) is 14.2. The molecule has 0 amide bonds. The maximum Gasteiger partial charge on any atom is 0.308 e. The summed E-state index contributed by atoms with van der Waals surface area (Å²) >= 11 is 0. The fraction of sp³-hybridized carbons (Fsp3) is 0.154. The van der Waals surface area contributed by atoms with Gasteiger partial charge >= 0.3 is 10.1 Å². The molecule has 1 atom stereocenters. The summed E-state index contributed by atoms with van der Waals surface area (Å²) in [6, 6.07) is 6.70. The molecule has 2 rings (SSSR count). The van der Waals surface area contributed by atoms with Gasteiger partial charge in [-0.3, -0.25) is 9.35 Å². The number of fused-ring (bicyclic) bond motifs is 1. The van der Waals surface area contributed by atoms with Crippen LogP contribution in [0.3, 0.4) is 0 Å². The predicted octanol–water partition coefficient (Wildman–Crippen LogP) is 1.82. The van der Waals surface area contributed by atoms with Gasteiger partial charge < -0.3 is 4.74 Å². The zero-order valence-corrected chi connectivity index (χ0v) is 11.0. The number of carbonyl (C=O) groups excluding carboxylic acids is 1. The van der Waals surface area contributed by atoms with E-state index in [2.05, 4.69) is 6.58 Å². The lowest BCUT2D eigenvalue weighted by molar-refractivity contribution is -0.111. The predicted molar refractivity (Wildman–Crippen MR) is 70.2 cm³/mol. The average molecular weight is 280 g/mol. The molecule has 0 saturated heterocycles. The molecule has 1 aliphatic rings. The lowest BCUT2D eigenvalue weighted by Gasteiger charge is -2.26. The zero-order valence-electron chi connectivity index (χ0n) is 10.2. The Kier molecular flexibility index (Phi) is 3.30. The first-order valence-electron chi connectivity index (χ1n) is 5.46. The normalized spacial score (nSPS) is 18.5. The van der Waals surface area contributed by atoms with E-state index in [9.17, 15) is 17.8 Å². The van der Waals surface area contributed by atoms with Gasteiger partial charge in [0.05, 0.1) is 5.57 Å². The third-order valence-electron chi connectivity index (χ3n) is 2.89. The first kappa shape index (κ1) is 13.5. The van der Waals surface area contributed by atoms with Crippen molar-refractivity contribution in [2.24, 2.45) is 0 Å². The summed E-state index contributed by atoms with van der Waals surface area (Å²) in [6.45, 7) is 4.93. The molecule has 1 aliphatic heterocycles. The van der Waals surface area contributed by atoms with E-state index in [1.54, 1.807) is 31.2 Å². The Bertz CT molecular complexity index is 685. The van der Waals surface area contributed by atoms with Gasteiger partial charge in [0, 0.05) is 5.56 Å². The Morgan fingerprint density at radius 2 is 2.05 bits per heavy atom. The largest absolute Gasteiger partial charge is 0.466 e. The van der Waals surface area contributed by atoms with Crippen molar-refractivity contribution in [2.75, 3.05) is 0 Å². The average Bonchev–Trinajstić information content (AvgIpc) is 2.37. The highest BCUT2D eigenvalue weighted by Gasteiger charge is 2.38. The number of ketones is 1. The van der Waals surface area contributed by atoms with E-state index >= 15 is 0 Å². The number of rotatable bonds is 3. The van der Waals surface area contributed by atoms with E-state index in [0.717, 1.165) is 6.08 Å². The van der Waals surface area contributed by atoms with Crippen LogP contribution < -0.4 is 4.74 Å². The van der Waals surface area contributed by atoms with Crippen molar-refractivity contribution in [3.05, 3.63) is 48.1 Å². The molecule has 6 heteroatoms. The molecule has 19 heavy (non-hydrogen) atoms. The minimum absolute atomic E-state index is 0.115. The molecule has 0 spiro atoms. The Balaban J connectivity index is 2.73. The number of para-hydroxylation sites is 1. The van der Waals surface area contributed by atoms with Crippen LogP contribution in [0.1, 0.15) is 12.5 Å². The van der Waals surface area contributed by atoms with Crippen molar-refractivity contribution in [3.63, 3.8) is 0 Å². The Hall–Kier alpha value is -1.92. The second kappa shape index (κ2) is 4.64. The van der Waals surface area contributed by atoms with Crippen LogP contribution in [0.25, 0.3) is 5.57 Å². The van der Waals surface area contributed by atoms with Crippen LogP contribution in [0, 0.1) is 0 Å². The third-order valence-corrected chi connectivity index (χ3v) is 3.76. The molecular formula is C13H12O5S. The molecule has 1 N–H and O–H groups in total. The van der Waals surface area contributed by atoms with Gasteiger partial charge in [0.15, 0.2) is 5.78 Å². The Morgan fingerprint density at radius 1 is 1.42 bits per heavy atom. The molecule has 0 fully saturated rings. The first-order valence-corrected chi connectivity index (χ1v) is 6.96. The SMILES string of the molecule is C=CC(=O)C1=C(C)c2ccccc2OC1S(=O)(=O)O. The molecule has 1 aromatic carbocycles. The van der Waals surface area contributed by atoms with Crippen LogP contribution in [-0.4, -0.2) is 24.2 Å². The van der Waals surface area contributed by atoms with E-state index in [4.69, 9.17) is 4.74 Å². The summed E-state index contributed by atoms with van der Waals surface area (Å²) in [5.74, 6) is -0.280. The van der Waals surface area contributed by atoms with Crippen LogP contribution in [0.4, 0.5) is 0 Å². The summed E-state index contributed by atoms with van der Waals surface area (Å²) in [6.07, 6.45) is 0.994. The van der Waals surface area contributed by atoms with Crippen molar-refractivity contribution in [1.82, 2.24) is 0 Å². The maximum absolute atomic E-state index is 11.8. The maximum atomic E-state index is 11.8. The van der Waals surface area contributed by atoms with Gasteiger partial charge in [-0.05, 0) is 24.6 Å². The van der Waals surface area contributed by atoms with Crippen molar-refractivity contribution in [1.29, 1.82) is 0 Å². The highest BCUT2D eigenvalue weighted by atomic mass is 32.2. The van der Waals surface area contributed by atoms with Crippen molar-refractivity contribution in [2.45, 2.75) is 12.4 Å². The summed E-state index contributed by atoms with van der Waals surface area (Å²) in [7, 11) is -4.55. The van der Waals surface area contributed by atoms with Crippen molar-refractivity contribution >= 4 is 21.5 Å². The fourth-order valence-electron chi connectivity index (χ4n) is 2.00. The van der Waals surface area contributed by atoms with Crippen molar-refractivity contribution < 1.29 is 22.5 Å². The molecule has 0 saturated carbocycles. The standard InChI is InChI=1S/C13H12O5S/c1-3-10(14)12-8(2)9-6-4-5-7-11(9)18-13(12)19(15,16)17/h3-7,13H,1H2,2H3,(H,15,16,17). The van der Waals surface area contributed by atoms with Crippen LogP contribution in [-0.2, 0) is 14.9 Å². The minimum Gasteiger partial charge on any atom is -0.466 e. The highest BCUT2D eigenvalue weighted by molar-refractivity contribution is 7.86. The molecule has 100 valence electrons. The second-order valence-corrected chi connectivity index (χ2v) is 5.53. The molecule has 0 bridgehead atoms.